The van der Waals surface area contributed by atoms with Crippen LogP contribution in [0.25, 0.3) is 0 Å². The number of carbonyl (C=O) groups is 1. The number of likely N-dealkylation sites (tertiary alicyclic amines) is 1. The van der Waals surface area contributed by atoms with Crippen molar-refractivity contribution in [1.82, 2.24) is 10.2 Å². The third-order valence-electron chi connectivity index (χ3n) is 4.64. The summed E-state index contributed by atoms with van der Waals surface area (Å²) in [6.45, 7) is 1.13. The van der Waals surface area contributed by atoms with Gasteiger partial charge in [-0.15, -0.1) is 0 Å². The molecule has 1 amide bonds. The number of amides is 1. The first kappa shape index (κ1) is 15.6. The SMILES string of the molecule is CNC1CCCN(C(=O)C2CCCCC2C(F)(F)F)C1. The van der Waals surface area contributed by atoms with Crippen LogP contribution in [-0.4, -0.2) is 43.2 Å². The van der Waals surface area contributed by atoms with Gasteiger partial charge in [0.05, 0.1) is 5.92 Å². The van der Waals surface area contributed by atoms with Crippen LogP contribution in [0.15, 0.2) is 0 Å². The molecular weight excluding hydrogens is 269 g/mol. The van der Waals surface area contributed by atoms with Gasteiger partial charge in [-0.1, -0.05) is 12.8 Å². The van der Waals surface area contributed by atoms with Crippen LogP contribution in [0.5, 0.6) is 0 Å². The molecular formula is C14H23F3N2O. The Hall–Kier alpha value is -0.780. The second-order valence-electron chi connectivity index (χ2n) is 5.95. The summed E-state index contributed by atoms with van der Waals surface area (Å²) in [7, 11) is 1.83. The summed E-state index contributed by atoms with van der Waals surface area (Å²) in [5.41, 5.74) is 0. The number of alkyl halides is 3. The van der Waals surface area contributed by atoms with Crippen LogP contribution >= 0.6 is 0 Å². The lowest BCUT2D eigenvalue weighted by molar-refractivity contribution is -0.201. The van der Waals surface area contributed by atoms with Gasteiger partial charge in [0.1, 0.15) is 0 Å². The van der Waals surface area contributed by atoms with Gasteiger partial charge in [0.2, 0.25) is 5.91 Å². The number of rotatable bonds is 2. The zero-order valence-corrected chi connectivity index (χ0v) is 11.9. The molecule has 1 aliphatic carbocycles. The minimum Gasteiger partial charge on any atom is -0.341 e. The van der Waals surface area contributed by atoms with E-state index >= 15 is 0 Å². The van der Waals surface area contributed by atoms with Crippen molar-refractivity contribution in [3.8, 4) is 0 Å². The first-order valence-corrected chi connectivity index (χ1v) is 7.46. The lowest BCUT2D eigenvalue weighted by Crippen LogP contribution is -2.51. The van der Waals surface area contributed by atoms with Crippen molar-refractivity contribution >= 4 is 5.91 Å². The highest BCUT2D eigenvalue weighted by Gasteiger charge is 2.49. The van der Waals surface area contributed by atoms with Crippen LogP contribution in [-0.2, 0) is 4.79 Å². The maximum Gasteiger partial charge on any atom is 0.392 e. The summed E-state index contributed by atoms with van der Waals surface area (Å²) in [5, 5.41) is 3.12. The molecule has 6 heteroatoms. The van der Waals surface area contributed by atoms with Gasteiger partial charge in [-0.25, -0.2) is 0 Å². The van der Waals surface area contributed by atoms with E-state index in [-0.39, 0.29) is 18.4 Å². The van der Waals surface area contributed by atoms with Gasteiger partial charge < -0.3 is 10.2 Å². The van der Waals surface area contributed by atoms with Gasteiger partial charge in [0, 0.05) is 25.0 Å². The van der Waals surface area contributed by atoms with E-state index in [0.717, 1.165) is 19.3 Å². The van der Waals surface area contributed by atoms with E-state index in [1.165, 1.54) is 0 Å². The third kappa shape index (κ3) is 3.45. The number of halogens is 3. The fourth-order valence-electron chi connectivity index (χ4n) is 3.47. The van der Waals surface area contributed by atoms with E-state index in [1.807, 2.05) is 7.05 Å². The van der Waals surface area contributed by atoms with Crippen molar-refractivity contribution in [2.24, 2.45) is 11.8 Å². The Bertz CT molecular complexity index is 346. The van der Waals surface area contributed by atoms with Crippen LogP contribution in [0.1, 0.15) is 38.5 Å². The second kappa shape index (κ2) is 6.33. The smallest absolute Gasteiger partial charge is 0.341 e. The molecule has 2 fully saturated rings. The number of likely N-dealkylation sites (N-methyl/N-ethyl adjacent to an activating group) is 1. The molecule has 116 valence electrons. The predicted molar refractivity (Wildman–Crippen MR) is 70.2 cm³/mol. The van der Waals surface area contributed by atoms with E-state index in [9.17, 15) is 18.0 Å². The van der Waals surface area contributed by atoms with E-state index in [1.54, 1.807) is 4.90 Å². The van der Waals surface area contributed by atoms with E-state index < -0.39 is 18.0 Å². The monoisotopic (exact) mass is 292 g/mol. The molecule has 2 rings (SSSR count). The Labute approximate surface area is 117 Å². The van der Waals surface area contributed by atoms with Gasteiger partial charge in [-0.05, 0) is 32.7 Å². The van der Waals surface area contributed by atoms with Gasteiger partial charge in [-0.3, -0.25) is 4.79 Å². The molecule has 0 spiro atoms. The van der Waals surface area contributed by atoms with E-state index in [4.69, 9.17) is 0 Å². The molecule has 20 heavy (non-hydrogen) atoms. The molecule has 0 bridgehead atoms. The van der Waals surface area contributed by atoms with Gasteiger partial charge in [-0.2, -0.15) is 13.2 Å². The molecule has 1 heterocycles. The quantitative estimate of drug-likeness (QED) is 0.848. The third-order valence-corrected chi connectivity index (χ3v) is 4.64. The summed E-state index contributed by atoms with van der Waals surface area (Å²) in [6, 6.07) is 0.209. The van der Waals surface area contributed by atoms with E-state index in [0.29, 0.717) is 25.9 Å². The van der Waals surface area contributed by atoms with Crippen molar-refractivity contribution < 1.29 is 18.0 Å². The highest BCUT2D eigenvalue weighted by molar-refractivity contribution is 5.79. The summed E-state index contributed by atoms with van der Waals surface area (Å²) in [4.78, 5) is 14.1. The number of hydrogen-bond acceptors (Lipinski definition) is 2. The molecule has 3 atom stereocenters. The Kier molecular flexibility index (Phi) is 4.94. The van der Waals surface area contributed by atoms with Crippen molar-refractivity contribution in [2.75, 3.05) is 20.1 Å². The van der Waals surface area contributed by atoms with Crippen LogP contribution < -0.4 is 5.32 Å². The zero-order valence-electron chi connectivity index (χ0n) is 11.9. The fourth-order valence-corrected chi connectivity index (χ4v) is 3.47. The Balaban J connectivity index is 2.05. The maximum atomic E-state index is 13.1. The summed E-state index contributed by atoms with van der Waals surface area (Å²) in [6.07, 6.45) is -0.625. The molecule has 3 nitrogen and oxygen atoms in total. The summed E-state index contributed by atoms with van der Waals surface area (Å²) >= 11 is 0. The molecule has 0 aromatic heterocycles. The molecule has 0 radical (unpaired) electrons. The molecule has 1 saturated heterocycles. The minimum absolute atomic E-state index is 0.100. The first-order valence-electron chi connectivity index (χ1n) is 7.46. The Morgan fingerprint density at radius 2 is 1.85 bits per heavy atom. The maximum absolute atomic E-state index is 13.1. The summed E-state index contributed by atoms with van der Waals surface area (Å²) in [5.74, 6) is -2.59. The van der Waals surface area contributed by atoms with Gasteiger partial charge in [0.25, 0.3) is 0 Å². The molecule has 1 aliphatic heterocycles. The molecule has 1 saturated carbocycles. The number of nitrogens with zero attached hydrogens (tertiary/aromatic N) is 1. The summed E-state index contributed by atoms with van der Waals surface area (Å²) < 4.78 is 39.2. The average molecular weight is 292 g/mol. The van der Waals surface area contributed by atoms with Crippen molar-refractivity contribution in [1.29, 1.82) is 0 Å². The fraction of sp³-hybridized carbons (Fsp3) is 0.929. The van der Waals surface area contributed by atoms with Crippen molar-refractivity contribution in [3.63, 3.8) is 0 Å². The molecule has 0 aromatic rings. The molecule has 2 aliphatic rings. The average Bonchev–Trinajstić information content (AvgIpc) is 2.45. The normalized spacial score (nSPS) is 32.2. The topological polar surface area (TPSA) is 32.3 Å². The molecule has 1 N–H and O–H groups in total. The number of nitrogens with one attached hydrogen (secondary N) is 1. The lowest BCUT2D eigenvalue weighted by Gasteiger charge is -2.39. The molecule has 0 aromatic carbocycles. The zero-order chi connectivity index (χ0) is 14.8. The van der Waals surface area contributed by atoms with Crippen molar-refractivity contribution in [3.05, 3.63) is 0 Å². The number of hydrogen-bond donors (Lipinski definition) is 1. The Morgan fingerprint density at radius 3 is 2.50 bits per heavy atom. The van der Waals surface area contributed by atoms with Gasteiger partial charge >= 0.3 is 6.18 Å². The van der Waals surface area contributed by atoms with Crippen LogP contribution in [0.2, 0.25) is 0 Å². The highest BCUT2D eigenvalue weighted by Crippen LogP contribution is 2.42. The number of carbonyl (C=O) groups excluding carboxylic acids is 1. The number of piperidine rings is 1. The van der Waals surface area contributed by atoms with Crippen LogP contribution in [0.4, 0.5) is 13.2 Å². The Morgan fingerprint density at radius 1 is 1.15 bits per heavy atom. The van der Waals surface area contributed by atoms with Crippen molar-refractivity contribution in [2.45, 2.75) is 50.7 Å². The minimum atomic E-state index is -4.25. The standard InChI is InChI=1S/C14H23F3N2O/c1-18-10-5-4-8-19(9-10)13(20)11-6-2-3-7-12(11)14(15,16)17/h10-12,18H,2-9H2,1H3. The lowest BCUT2D eigenvalue weighted by atomic mass is 9.77. The second-order valence-corrected chi connectivity index (χ2v) is 5.95. The van der Waals surface area contributed by atoms with E-state index in [2.05, 4.69) is 5.32 Å². The van der Waals surface area contributed by atoms with Crippen LogP contribution in [0.3, 0.4) is 0 Å². The first-order chi connectivity index (χ1) is 9.43. The van der Waals surface area contributed by atoms with Crippen LogP contribution in [0, 0.1) is 11.8 Å². The highest BCUT2D eigenvalue weighted by atomic mass is 19.4. The predicted octanol–water partition coefficient (Wildman–Crippen LogP) is 2.57. The largest absolute Gasteiger partial charge is 0.392 e. The van der Waals surface area contributed by atoms with Gasteiger partial charge in [0.15, 0.2) is 0 Å². The molecule has 3 unspecified atom stereocenters.